The van der Waals surface area contributed by atoms with E-state index in [1.165, 1.54) is 12.1 Å². The van der Waals surface area contributed by atoms with Crippen LogP contribution in [0.2, 0.25) is 0 Å². The van der Waals surface area contributed by atoms with E-state index >= 15 is 0 Å². The van der Waals surface area contributed by atoms with Gasteiger partial charge in [0.25, 0.3) is 0 Å². The van der Waals surface area contributed by atoms with E-state index in [1.807, 2.05) is 30.3 Å². The first-order valence-electron chi connectivity index (χ1n) is 7.45. The quantitative estimate of drug-likeness (QED) is 0.819. The van der Waals surface area contributed by atoms with Crippen molar-refractivity contribution >= 4 is 11.8 Å². The lowest BCUT2D eigenvalue weighted by Crippen LogP contribution is -2.38. The zero-order chi connectivity index (χ0) is 16.5. The van der Waals surface area contributed by atoms with Gasteiger partial charge in [-0.3, -0.25) is 9.59 Å². The highest BCUT2D eigenvalue weighted by atomic mass is 19.1. The average molecular weight is 314 g/mol. The fourth-order valence-corrected chi connectivity index (χ4v) is 2.08. The van der Waals surface area contributed by atoms with Crippen LogP contribution in [-0.4, -0.2) is 24.9 Å². The highest BCUT2D eigenvalue weighted by Crippen LogP contribution is 2.02. The van der Waals surface area contributed by atoms with Gasteiger partial charge in [0.2, 0.25) is 11.8 Å². The van der Waals surface area contributed by atoms with Crippen molar-refractivity contribution < 1.29 is 14.0 Å². The fraction of sp³-hybridized carbons (Fsp3) is 0.222. The van der Waals surface area contributed by atoms with Crippen LogP contribution >= 0.6 is 0 Å². The molecule has 0 aromatic heterocycles. The second kappa shape index (κ2) is 8.68. The summed E-state index contributed by atoms with van der Waals surface area (Å²) >= 11 is 0. The van der Waals surface area contributed by atoms with E-state index in [4.69, 9.17) is 0 Å². The van der Waals surface area contributed by atoms with E-state index in [0.29, 0.717) is 13.0 Å². The summed E-state index contributed by atoms with van der Waals surface area (Å²) in [5, 5.41) is 5.30. The van der Waals surface area contributed by atoms with Crippen molar-refractivity contribution in [1.29, 1.82) is 0 Å². The Morgan fingerprint density at radius 1 is 0.826 bits per heavy atom. The number of hydrogen-bond donors (Lipinski definition) is 2. The Balaban J connectivity index is 1.63. The molecule has 0 aliphatic rings. The lowest BCUT2D eigenvalue weighted by Gasteiger charge is -2.07. The number of rotatable bonds is 7. The maximum absolute atomic E-state index is 12.8. The molecule has 0 fully saturated rings. The molecule has 4 nitrogen and oxygen atoms in total. The van der Waals surface area contributed by atoms with E-state index < -0.39 is 0 Å². The molecule has 0 aliphatic heterocycles. The lowest BCUT2D eigenvalue weighted by atomic mass is 10.1. The third-order valence-corrected chi connectivity index (χ3v) is 3.30. The Kier molecular flexibility index (Phi) is 6.29. The molecule has 23 heavy (non-hydrogen) atoms. The van der Waals surface area contributed by atoms with E-state index in [2.05, 4.69) is 10.6 Å². The highest BCUT2D eigenvalue weighted by Gasteiger charge is 2.06. The smallest absolute Gasteiger partial charge is 0.239 e. The predicted molar refractivity (Wildman–Crippen MR) is 86.3 cm³/mol. The summed E-state index contributed by atoms with van der Waals surface area (Å²) in [4.78, 5) is 23.4. The zero-order valence-electron chi connectivity index (χ0n) is 12.7. The van der Waals surface area contributed by atoms with Crippen LogP contribution < -0.4 is 10.6 Å². The summed E-state index contributed by atoms with van der Waals surface area (Å²) in [5.41, 5.74) is 1.85. The molecule has 0 bridgehead atoms. The van der Waals surface area contributed by atoms with Gasteiger partial charge in [-0.25, -0.2) is 4.39 Å². The van der Waals surface area contributed by atoms with Crippen molar-refractivity contribution in [3.05, 3.63) is 71.5 Å². The maximum Gasteiger partial charge on any atom is 0.239 e. The Morgan fingerprint density at radius 3 is 2.22 bits per heavy atom. The molecule has 0 atom stereocenters. The van der Waals surface area contributed by atoms with Crippen LogP contribution in [0.1, 0.15) is 11.1 Å². The second-order valence-corrected chi connectivity index (χ2v) is 5.17. The normalized spacial score (nSPS) is 10.1. The van der Waals surface area contributed by atoms with E-state index in [-0.39, 0.29) is 30.6 Å². The number of amides is 2. The molecule has 0 spiro atoms. The zero-order valence-corrected chi connectivity index (χ0v) is 12.7. The summed E-state index contributed by atoms with van der Waals surface area (Å²) in [6.45, 7) is 0.397. The van der Waals surface area contributed by atoms with Crippen molar-refractivity contribution in [3.8, 4) is 0 Å². The van der Waals surface area contributed by atoms with Crippen molar-refractivity contribution in [3.63, 3.8) is 0 Å². The molecule has 2 aromatic carbocycles. The van der Waals surface area contributed by atoms with Gasteiger partial charge in [0.15, 0.2) is 0 Å². The number of carbonyl (C=O) groups excluding carboxylic acids is 2. The second-order valence-electron chi connectivity index (χ2n) is 5.17. The van der Waals surface area contributed by atoms with E-state index in [0.717, 1.165) is 11.1 Å². The van der Waals surface area contributed by atoms with Crippen LogP contribution in [0.5, 0.6) is 0 Å². The molecule has 2 amide bonds. The summed E-state index contributed by atoms with van der Waals surface area (Å²) in [6, 6.07) is 15.5. The molecule has 0 saturated carbocycles. The molecular weight excluding hydrogens is 295 g/mol. The largest absolute Gasteiger partial charge is 0.354 e. The molecule has 5 heteroatoms. The number of hydrogen-bond acceptors (Lipinski definition) is 2. The molecule has 0 saturated heterocycles. The van der Waals surface area contributed by atoms with Gasteiger partial charge in [-0.15, -0.1) is 0 Å². The Hall–Kier alpha value is -2.69. The monoisotopic (exact) mass is 314 g/mol. The van der Waals surface area contributed by atoms with Crippen LogP contribution in [-0.2, 0) is 22.4 Å². The first-order chi connectivity index (χ1) is 11.1. The van der Waals surface area contributed by atoms with E-state index in [9.17, 15) is 14.0 Å². The molecule has 2 aromatic rings. The van der Waals surface area contributed by atoms with Crippen LogP contribution in [0.3, 0.4) is 0 Å². The Bertz CT molecular complexity index is 642. The third kappa shape index (κ3) is 6.30. The van der Waals surface area contributed by atoms with Crippen LogP contribution in [0.25, 0.3) is 0 Å². The number of benzene rings is 2. The van der Waals surface area contributed by atoms with Crippen molar-refractivity contribution in [1.82, 2.24) is 10.6 Å². The summed E-state index contributed by atoms with van der Waals surface area (Å²) in [5.74, 6) is -0.711. The summed E-state index contributed by atoms with van der Waals surface area (Å²) in [6.07, 6.45) is 0.869. The third-order valence-electron chi connectivity index (χ3n) is 3.30. The molecule has 2 N–H and O–H groups in total. The summed E-state index contributed by atoms with van der Waals surface area (Å²) in [7, 11) is 0. The molecular formula is C18H19FN2O2. The number of carbonyl (C=O) groups is 2. The van der Waals surface area contributed by atoms with Gasteiger partial charge in [-0.05, 0) is 29.7 Å². The van der Waals surface area contributed by atoms with Crippen LogP contribution in [0.4, 0.5) is 4.39 Å². The molecule has 2 rings (SSSR count). The van der Waals surface area contributed by atoms with Crippen molar-refractivity contribution in [2.24, 2.45) is 0 Å². The highest BCUT2D eigenvalue weighted by molar-refractivity contribution is 5.85. The van der Waals surface area contributed by atoms with Gasteiger partial charge in [0.1, 0.15) is 5.82 Å². The molecule has 0 radical (unpaired) electrons. The van der Waals surface area contributed by atoms with Crippen LogP contribution in [0.15, 0.2) is 54.6 Å². The van der Waals surface area contributed by atoms with Gasteiger partial charge >= 0.3 is 0 Å². The minimum absolute atomic E-state index is 0.0465. The molecule has 0 unspecified atom stereocenters. The topological polar surface area (TPSA) is 58.2 Å². The fourth-order valence-electron chi connectivity index (χ4n) is 2.08. The summed E-state index contributed by atoms with van der Waals surface area (Å²) < 4.78 is 12.8. The van der Waals surface area contributed by atoms with Gasteiger partial charge in [-0.1, -0.05) is 42.5 Å². The lowest BCUT2D eigenvalue weighted by molar-refractivity contribution is -0.125. The minimum Gasteiger partial charge on any atom is -0.354 e. The van der Waals surface area contributed by atoms with Crippen molar-refractivity contribution in [2.45, 2.75) is 12.8 Å². The van der Waals surface area contributed by atoms with Gasteiger partial charge in [0.05, 0.1) is 13.0 Å². The maximum atomic E-state index is 12.8. The molecule has 0 aliphatic carbocycles. The predicted octanol–water partition coefficient (Wildman–Crippen LogP) is 1.84. The standard InChI is InChI=1S/C18H19FN2O2/c19-16-8-6-14(7-9-16)10-11-20-18(23)13-21-17(22)12-15-4-2-1-3-5-15/h1-9H,10-13H2,(H,20,23)(H,21,22). The van der Waals surface area contributed by atoms with Gasteiger partial charge < -0.3 is 10.6 Å². The molecule has 120 valence electrons. The number of nitrogens with one attached hydrogen (secondary N) is 2. The Morgan fingerprint density at radius 2 is 1.52 bits per heavy atom. The molecule has 0 heterocycles. The number of halogens is 1. The SMILES string of the molecule is O=C(CNC(=O)Cc1ccccc1)NCCc1ccc(F)cc1. The minimum atomic E-state index is -0.279. The van der Waals surface area contributed by atoms with Crippen LogP contribution in [0, 0.1) is 5.82 Å². The van der Waals surface area contributed by atoms with Gasteiger partial charge in [0, 0.05) is 6.54 Å². The van der Waals surface area contributed by atoms with Crippen molar-refractivity contribution in [2.75, 3.05) is 13.1 Å². The average Bonchev–Trinajstić information content (AvgIpc) is 2.56. The van der Waals surface area contributed by atoms with E-state index in [1.54, 1.807) is 12.1 Å². The van der Waals surface area contributed by atoms with Gasteiger partial charge in [-0.2, -0.15) is 0 Å². The Labute approximate surface area is 134 Å². The first kappa shape index (κ1) is 16.7. The first-order valence-corrected chi connectivity index (χ1v) is 7.45.